The maximum absolute atomic E-state index is 12.4. The monoisotopic (exact) mass is 500 g/mol. The lowest BCUT2D eigenvalue weighted by Crippen LogP contribution is -2.48. The molecule has 0 aromatic heterocycles. The molecule has 4 N–H and O–H groups in total. The van der Waals surface area contributed by atoms with Crippen molar-refractivity contribution in [3.63, 3.8) is 0 Å². The highest BCUT2D eigenvalue weighted by atomic mass is 35.5. The number of anilines is 1. The summed E-state index contributed by atoms with van der Waals surface area (Å²) >= 11 is 16.8. The van der Waals surface area contributed by atoms with Crippen LogP contribution in [0.2, 0.25) is 10.0 Å². The number of amides is 3. The van der Waals surface area contributed by atoms with Crippen LogP contribution in [0.4, 0.5) is 5.69 Å². The van der Waals surface area contributed by atoms with Crippen molar-refractivity contribution in [3.8, 4) is 0 Å². The average molecular weight is 501 g/mol. The van der Waals surface area contributed by atoms with Crippen LogP contribution in [0, 0.1) is 6.92 Å². The van der Waals surface area contributed by atoms with Crippen LogP contribution in [-0.2, 0) is 0 Å². The number of hydrogen-bond donors (Lipinski definition) is 4. The molecule has 0 aliphatic heterocycles. The Labute approximate surface area is 205 Å². The molecule has 0 radical (unpaired) electrons. The van der Waals surface area contributed by atoms with Gasteiger partial charge in [-0.2, -0.15) is 0 Å². The van der Waals surface area contributed by atoms with Crippen LogP contribution in [0.15, 0.2) is 66.7 Å². The number of carbonyl (C=O) groups excluding carboxylic acids is 3. The fourth-order valence-electron chi connectivity index (χ4n) is 2.79. The average Bonchev–Trinajstić information content (AvgIpc) is 2.78. The van der Waals surface area contributed by atoms with Gasteiger partial charge in [0.05, 0.1) is 10.6 Å². The van der Waals surface area contributed by atoms with Crippen molar-refractivity contribution in [2.75, 3.05) is 5.32 Å². The van der Waals surface area contributed by atoms with E-state index in [0.29, 0.717) is 21.8 Å². The number of hydrogen-bond acceptors (Lipinski definition) is 4. The van der Waals surface area contributed by atoms with Crippen LogP contribution in [0.1, 0.15) is 36.6 Å². The second-order valence-electron chi connectivity index (χ2n) is 6.83. The predicted octanol–water partition coefficient (Wildman–Crippen LogP) is 4.50. The van der Waals surface area contributed by atoms with Crippen molar-refractivity contribution in [2.24, 2.45) is 0 Å². The molecule has 0 saturated heterocycles. The normalized spacial score (nSPS) is 10.2. The van der Waals surface area contributed by atoms with E-state index >= 15 is 0 Å². The van der Waals surface area contributed by atoms with Crippen LogP contribution in [0.3, 0.4) is 0 Å². The standard InChI is InChI=1S/C23H18Cl2N4O3S/c1-13-4-2-3-5-17(13)21(31)26-16-9-6-14(7-10-16)20(30)28-29-23(33)27-22(32)18-11-8-15(24)12-19(18)25/h2-12H,1H3,(H,26,31)(H,28,30)(H2,27,29,32,33). The summed E-state index contributed by atoms with van der Waals surface area (Å²) in [4.78, 5) is 37.0. The van der Waals surface area contributed by atoms with Gasteiger partial charge in [-0.05, 0) is 73.2 Å². The third-order valence-corrected chi connectivity index (χ3v) is 5.24. The van der Waals surface area contributed by atoms with Crippen LogP contribution in [0.5, 0.6) is 0 Å². The maximum Gasteiger partial charge on any atom is 0.269 e. The molecule has 0 aliphatic carbocycles. The van der Waals surface area contributed by atoms with Crippen molar-refractivity contribution in [1.82, 2.24) is 16.2 Å². The van der Waals surface area contributed by atoms with Gasteiger partial charge in [-0.3, -0.25) is 30.6 Å². The van der Waals surface area contributed by atoms with Crippen LogP contribution in [0.25, 0.3) is 0 Å². The summed E-state index contributed by atoms with van der Waals surface area (Å²) < 4.78 is 0. The van der Waals surface area contributed by atoms with Crippen LogP contribution < -0.4 is 21.5 Å². The van der Waals surface area contributed by atoms with Crippen molar-refractivity contribution >= 4 is 63.9 Å². The van der Waals surface area contributed by atoms with Crippen LogP contribution in [-0.4, -0.2) is 22.8 Å². The first-order valence-electron chi connectivity index (χ1n) is 9.58. The molecule has 0 atom stereocenters. The molecule has 0 heterocycles. The predicted molar refractivity (Wildman–Crippen MR) is 133 cm³/mol. The number of hydrazine groups is 1. The summed E-state index contributed by atoms with van der Waals surface area (Å²) in [5, 5.41) is 5.63. The molecule has 0 unspecified atom stereocenters. The van der Waals surface area contributed by atoms with Gasteiger partial charge < -0.3 is 5.32 Å². The minimum Gasteiger partial charge on any atom is -0.322 e. The number of aryl methyl sites for hydroxylation is 1. The first-order valence-corrected chi connectivity index (χ1v) is 10.7. The fraction of sp³-hybridized carbons (Fsp3) is 0.0435. The van der Waals surface area contributed by atoms with Gasteiger partial charge in [0.2, 0.25) is 0 Å². The van der Waals surface area contributed by atoms with Gasteiger partial charge >= 0.3 is 0 Å². The van der Waals surface area contributed by atoms with E-state index < -0.39 is 11.8 Å². The lowest BCUT2D eigenvalue weighted by atomic mass is 10.1. The van der Waals surface area contributed by atoms with E-state index in [1.807, 2.05) is 19.1 Å². The largest absolute Gasteiger partial charge is 0.322 e. The Kier molecular flexibility index (Phi) is 8.00. The third kappa shape index (κ3) is 6.52. The molecule has 0 aliphatic rings. The summed E-state index contributed by atoms with van der Waals surface area (Å²) in [6.45, 7) is 1.85. The molecule has 3 aromatic carbocycles. The van der Waals surface area contributed by atoms with Crippen molar-refractivity contribution in [3.05, 3.63) is 99.0 Å². The quantitative estimate of drug-likeness (QED) is 0.312. The maximum atomic E-state index is 12.4. The van der Waals surface area contributed by atoms with E-state index in [1.54, 1.807) is 36.4 Å². The van der Waals surface area contributed by atoms with Crippen molar-refractivity contribution in [1.29, 1.82) is 0 Å². The number of rotatable bonds is 4. The molecule has 0 fully saturated rings. The molecule has 10 heteroatoms. The van der Waals surface area contributed by atoms with Crippen molar-refractivity contribution in [2.45, 2.75) is 6.92 Å². The molecule has 168 valence electrons. The number of thiocarbonyl (C=S) groups is 1. The molecule has 3 rings (SSSR count). The summed E-state index contributed by atoms with van der Waals surface area (Å²) in [6.07, 6.45) is 0. The first kappa shape index (κ1) is 24.2. The Morgan fingerprint density at radius 2 is 1.48 bits per heavy atom. The Morgan fingerprint density at radius 3 is 2.15 bits per heavy atom. The highest BCUT2D eigenvalue weighted by Gasteiger charge is 2.13. The van der Waals surface area contributed by atoms with E-state index in [4.69, 9.17) is 35.4 Å². The number of carbonyl (C=O) groups is 3. The zero-order valence-electron chi connectivity index (χ0n) is 17.2. The van der Waals surface area contributed by atoms with Gasteiger partial charge in [0.15, 0.2) is 5.11 Å². The van der Waals surface area contributed by atoms with Gasteiger partial charge in [0, 0.05) is 21.8 Å². The molecule has 0 saturated carbocycles. The van der Waals surface area contributed by atoms with Gasteiger partial charge in [-0.15, -0.1) is 0 Å². The van der Waals surface area contributed by atoms with E-state index in [1.165, 1.54) is 18.2 Å². The second-order valence-corrected chi connectivity index (χ2v) is 8.08. The zero-order chi connectivity index (χ0) is 24.0. The molecule has 3 amide bonds. The number of nitrogens with one attached hydrogen (secondary N) is 4. The van der Waals surface area contributed by atoms with Gasteiger partial charge in [-0.25, -0.2) is 0 Å². The van der Waals surface area contributed by atoms with Crippen LogP contribution >= 0.6 is 35.4 Å². The third-order valence-electron chi connectivity index (χ3n) is 4.49. The fourth-order valence-corrected chi connectivity index (χ4v) is 3.43. The lowest BCUT2D eigenvalue weighted by Gasteiger charge is -2.12. The van der Waals surface area contributed by atoms with Gasteiger partial charge in [-0.1, -0.05) is 41.4 Å². The molecular weight excluding hydrogens is 483 g/mol. The number of benzene rings is 3. The van der Waals surface area contributed by atoms with E-state index in [2.05, 4.69) is 21.5 Å². The Hall–Kier alpha value is -3.46. The summed E-state index contributed by atoms with van der Waals surface area (Å²) in [7, 11) is 0. The van der Waals surface area contributed by atoms with Crippen molar-refractivity contribution < 1.29 is 14.4 Å². The Bertz CT molecular complexity index is 1230. The van der Waals surface area contributed by atoms with E-state index in [0.717, 1.165) is 5.56 Å². The smallest absolute Gasteiger partial charge is 0.269 e. The topological polar surface area (TPSA) is 99.3 Å². The SMILES string of the molecule is Cc1ccccc1C(=O)Nc1ccc(C(=O)NNC(=S)NC(=O)c2ccc(Cl)cc2Cl)cc1. The molecular formula is C23H18Cl2N4O3S. The minimum atomic E-state index is -0.558. The van der Waals surface area contributed by atoms with Gasteiger partial charge in [0.25, 0.3) is 17.7 Å². The Balaban J connectivity index is 1.52. The molecule has 33 heavy (non-hydrogen) atoms. The molecule has 0 bridgehead atoms. The van der Waals surface area contributed by atoms with Gasteiger partial charge in [0.1, 0.15) is 0 Å². The Morgan fingerprint density at radius 1 is 0.788 bits per heavy atom. The summed E-state index contributed by atoms with van der Waals surface area (Å²) in [5.74, 6) is -1.29. The highest BCUT2D eigenvalue weighted by Crippen LogP contribution is 2.20. The zero-order valence-corrected chi connectivity index (χ0v) is 19.6. The highest BCUT2D eigenvalue weighted by molar-refractivity contribution is 7.80. The first-order chi connectivity index (χ1) is 15.7. The summed E-state index contributed by atoms with van der Waals surface area (Å²) in [5.41, 5.74) is 7.29. The second kappa shape index (κ2) is 10.9. The molecule has 3 aromatic rings. The number of halogens is 2. The minimum absolute atomic E-state index is 0.124. The lowest BCUT2D eigenvalue weighted by molar-refractivity contribution is 0.0934. The van der Waals surface area contributed by atoms with E-state index in [-0.39, 0.29) is 21.6 Å². The summed E-state index contributed by atoms with van der Waals surface area (Å²) in [6, 6.07) is 17.9. The van der Waals surface area contributed by atoms with E-state index in [9.17, 15) is 14.4 Å². The molecule has 7 nitrogen and oxygen atoms in total. The molecule has 0 spiro atoms.